The number of nitrogens with zero attached hydrogens (tertiary/aromatic N) is 1. The first-order valence-corrected chi connectivity index (χ1v) is 15.8. The summed E-state index contributed by atoms with van der Waals surface area (Å²) in [4.78, 5) is 40.4. The summed E-state index contributed by atoms with van der Waals surface area (Å²) in [5.41, 5.74) is 5.29. The molecule has 0 aliphatic carbocycles. The molecular weight excluding hydrogens is 578 g/mol. The van der Waals surface area contributed by atoms with Gasteiger partial charge in [-0.3, -0.25) is 9.59 Å². The molecule has 8 heteroatoms. The fourth-order valence-corrected chi connectivity index (χ4v) is 5.85. The minimum absolute atomic E-state index is 0.257. The Kier molecular flexibility index (Phi) is 10.7. The van der Waals surface area contributed by atoms with Gasteiger partial charge in [-0.05, 0) is 78.5 Å². The number of cyclic esters (lactones) is 1. The minimum atomic E-state index is -1.15. The Hall–Kier alpha value is -4.48. The third-order valence-corrected chi connectivity index (χ3v) is 8.36. The first-order valence-electron chi connectivity index (χ1n) is 15.8. The Morgan fingerprint density at radius 2 is 1.65 bits per heavy atom. The van der Waals surface area contributed by atoms with E-state index in [0.29, 0.717) is 24.8 Å². The zero-order chi connectivity index (χ0) is 33.6. The van der Waals surface area contributed by atoms with Crippen LogP contribution in [-0.4, -0.2) is 35.7 Å². The smallest absolute Gasteiger partial charge is 0.338 e. The minimum Gasteiger partial charge on any atom is -0.432 e. The van der Waals surface area contributed by atoms with Crippen molar-refractivity contribution >= 4 is 17.8 Å². The van der Waals surface area contributed by atoms with Gasteiger partial charge < -0.3 is 20.1 Å². The van der Waals surface area contributed by atoms with E-state index in [4.69, 9.17) is 14.7 Å². The molecule has 0 aromatic heterocycles. The molecule has 1 fully saturated rings. The fraction of sp³-hybridized carbons (Fsp3) is 0.421. The molecule has 1 aliphatic heterocycles. The maximum absolute atomic E-state index is 13.9. The SMILES string of the molecule is Cc1cc(CCC[C@@H](C(=O)N[C@H](C(=O)NC(C)c2ccccc2)C(C)(C)C)C2OC(C)(C)OC2=O)ccc1-c1ccc(C#N)cc1. The van der Waals surface area contributed by atoms with Crippen molar-refractivity contribution in [2.45, 2.75) is 91.7 Å². The van der Waals surface area contributed by atoms with Crippen LogP contribution in [-0.2, 0) is 30.3 Å². The van der Waals surface area contributed by atoms with Gasteiger partial charge in [-0.1, -0.05) is 81.4 Å². The number of nitriles is 1. The molecule has 8 nitrogen and oxygen atoms in total. The molecule has 3 aromatic rings. The number of ether oxygens (including phenoxy) is 2. The van der Waals surface area contributed by atoms with Gasteiger partial charge in [0.2, 0.25) is 17.6 Å². The van der Waals surface area contributed by atoms with E-state index < -0.39 is 41.1 Å². The van der Waals surface area contributed by atoms with Crippen molar-refractivity contribution in [1.82, 2.24) is 10.6 Å². The van der Waals surface area contributed by atoms with Gasteiger partial charge in [0.1, 0.15) is 6.04 Å². The Bertz CT molecular complexity index is 1590. The molecule has 1 saturated heterocycles. The summed E-state index contributed by atoms with van der Waals surface area (Å²) in [6.07, 6.45) is 0.569. The number of hydrogen-bond acceptors (Lipinski definition) is 6. The maximum atomic E-state index is 13.9. The van der Waals surface area contributed by atoms with Crippen LogP contribution in [0.2, 0.25) is 0 Å². The summed E-state index contributed by atoms with van der Waals surface area (Å²) >= 11 is 0. The number of esters is 1. The van der Waals surface area contributed by atoms with Gasteiger partial charge in [0, 0.05) is 13.8 Å². The first kappa shape index (κ1) is 34.4. The fourth-order valence-electron chi connectivity index (χ4n) is 5.85. The summed E-state index contributed by atoms with van der Waals surface area (Å²) in [6.45, 7) is 12.9. The van der Waals surface area contributed by atoms with Crippen LogP contribution >= 0.6 is 0 Å². The zero-order valence-corrected chi connectivity index (χ0v) is 27.8. The van der Waals surface area contributed by atoms with Gasteiger partial charge in [0.15, 0.2) is 6.10 Å². The molecule has 0 saturated carbocycles. The summed E-state index contributed by atoms with van der Waals surface area (Å²) in [7, 11) is 0. The van der Waals surface area contributed by atoms with Crippen LogP contribution in [0.15, 0.2) is 72.8 Å². The molecule has 4 rings (SSSR count). The molecule has 0 radical (unpaired) electrons. The van der Waals surface area contributed by atoms with Crippen LogP contribution in [0.4, 0.5) is 0 Å². The van der Waals surface area contributed by atoms with E-state index in [1.165, 1.54) is 0 Å². The Balaban J connectivity index is 1.48. The molecular formula is C38H45N3O5. The molecule has 46 heavy (non-hydrogen) atoms. The van der Waals surface area contributed by atoms with Crippen molar-refractivity contribution in [3.8, 4) is 17.2 Å². The summed E-state index contributed by atoms with van der Waals surface area (Å²) < 4.78 is 11.4. The average molecular weight is 624 g/mol. The van der Waals surface area contributed by atoms with Gasteiger partial charge in [-0.25, -0.2) is 4.79 Å². The third-order valence-electron chi connectivity index (χ3n) is 8.36. The molecule has 3 aromatic carbocycles. The largest absolute Gasteiger partial charge is 0.432 e. The van der Waals surface area contributed by atoms with E-state index in [0.717, 1.165) is 27.8 Å². The van der Waals surface area contributed by atoms with E-state index in [1.807, 2.05) is 89.2 Å². The highest BCUT2D eigenvalue weighted by atomic mass is 16.8. The van der Waals surface area contributed by atoms with Gasteiger partial charge in [0.25, 0.3) is 0 Å². The highest BCUT2D eigenvalue weighted by molar-refractivity contribution is 5.92. The molecule has 0 bridgehead atoms. The molecule has 1 aliphatic rings. The highest BCUT2D eigenvalue weighted by Gasteiger charge is 2.48. The van der Waals surface area contributed by atoms with Crippen molar-refractivity contribution in [2.75, 3.05) is 0 Å². The first-order chi connectivity index (χ1) is 21.7. The van der Waals surface area contributed by atoms with E-state index >= 15 is 0 Å². The predicted octanol–water partition coefficient (Wildman–Crippen LogP) is 6.56. The maximum Gasteiger partial charge on any atom is 0.338 e. The number of rotatable bonds is 11. The lowest BCUT2D eigenvalue weighted by molar-refractivity contribution is -0.162. The van der Waals surface area contributed by atoms with E-state index in [2.05, 4.69) is 34.9 Å². The van der Waals surface area contributed by atoms with Gasteiger partial charge in [-0.2, -0.15) is 5.26 Å². The number of hydrogen-bond donors (Lipinski definition) is 2. The van der Waals surface area contributed by atoms with Crippen molar-refractivity contribution in [2.24, 2.45) is 11.3 Å². The van der Waals surface area contributed by atoms with Crippen molar-refractivity contribution < 1.29 is 23.9 Å². The van der Waals surface area contributed by atoms with Crippen LogP contribution in [0.3, 0.4) is 0 Å². The number of carbonyl (C=O) groups excluding carboxylic acids is 3. The van der Waals surface area contributed by atoms with Crippen molar-refractivity contribution in [3.05, 3.63) is 95.1 Å². The number of aryl methyl sites for hydroxylation is 2. The number of amides is 2. The quantitative estimate of drug-likeness (QED) is 0.234. The van der Waals surface area contributed by atoms with Crippen molar-refractivity contribution in [3.63, 3.8) is 0 Å². The van der Waals surface area contributed by atoms with Gasteiger partial charge >= 0.3 is 5.97 Å². The summed E-state index contributed by atoms with van der Waals surface area (Å²) in [5.74, 6) is -3.30. The van der Waals surface area contributed by atoms with Crippen molar-refractivity contribution in [1.29, 1.82) is 5.26 Å². The topological polar surface area (TPSA) is 118 Å². The second-order valence-electron chi connectivity index (χ2n) is 13.6. The molecule has 242 valence electrons. The predicted molar refractivity (Wildman–Crippen MR) is 177 cm³/mol. The normalized spacial score (nSPS) is 17.7. The number of benzene rings is 3. The van der Waals surface area contributed by atoms with Crippen LogP contribution in [0.5, 0.6) is 0 Å². The Morgan fingerprint density at radius 1 is 0.978 bits per heavy atom. The molecule has 4 atom stereocenters. The lowest BCUT2D eigenvalue weighted by atomic mass is 9.84. The lowest BCUT2D eigenvalue weighted by Crippen LogP contribution is -2.56. The second-order valence-corrected chi connectivity index (χ2v) is 13.6. The standard InChI is InChI=1S/C38H45N3O5/c1-24-22-26(18-21-30(24)29-19-16-27(23-39)17-20-29)12-11-15-31(32-36(44)46-38(6,7)45-32)34(42)41-33(37(3,4)5)35(43)40-25(2)28-13-9-8-10-14-28/h8-10,13-14,16-22,25,31-33H,11-12,15H2,1-7H3,(H,40,43)(H,41,42)/t25?,31-,32?,33-/m1/s1. The Labute approximate surface area is 272 Å². The third kappa shape index (κ3) is 8.61. The van der Waals surface area contributed by atoms with E-state index in [-0.39, 0.29) is 11.9 Å². The number of nitrogens with one attached hydrogen (secondary N) is 2. The summed E-state index contributed by atoms with van der Waals surface area (Å²) in [5, 5.41) is 15.1. The molecule has 2 N–H and O–H groups in total. The molecule has 0 spiro atoms. The molecule has 1 heterocycles. The van der Waals surface area contributed by atoms with Crippen LogP contribution in [0.25, 0.3) is 11.1 Å². The molecule has 2 amide bonds. The average Bonchev–Trinajstić information content (AvgIpc) is 3.29. The number of carbonyl (C=O) groups is 3. The molecule has 2 unspecified atom stereocenters. The highest BCUT2D eigenvalue weighted by Crippen LogP contribution is 2.32. The zero-order valence-electron chi connectivity index (χ0n) is 27.8. The monoisotopic (exact) mass is 623 g/mol. The van der Waals surface area contributed by atoms with E-state index in [9.17, 15) is 14.4 Å². The lowest BCUT2D eigenvalue weighted by Gasteiger charge is -2.33. The Morgan fingerprint density at radius 3 is 2.22 bits per heavy atom. The second kappa shape index (κ2) is 14.3. The van der Waals surface area contributed by atoms with E-state index in [1.54, 1.807) is 13.8 Å². The van der Waals surface area contributed by atoms with Crippen LogP contribution in [0.1, 0.15) is 82.7 Å². The van der Waals surface area contributed by atoms with Gasteiger partial charge in [0.05, 0.1) is 23.6 Å². The van der Waals surface area contributed by atoms with Crippen LogP contribution < -0.4 is 10.6 Å². The summed E-state index contributed by atoms with van der Waals surface area (Å²) in [6, 6.07) is 24.4. The van der Waals surface area contributed by atoms with Gasteiger partial charge in [-0.15, -0.1) is 0 Å². The van der Waals surface area contributed by atoms with Crippen LogP contribution in [0, 0.1) is 29.6 Å².